The van der Waals surface area contributed by atoms with E-state index in [1.165, 1.54) is 0 Å². The van der Waals surface area contributed by atoms with Crippen LogP contribution in [0.5, 0.6) is 0 Å². The Labute approximate surface area is 183 Å². The lowest BCUT2D eigenvalue weighted by atomic mass is 9.97. The SMILES string of the molecule is C=C(OCc1ccccc1)/C(=C\C(C)(OCc1ccccc1)N(C)CCC)C(C)C. The van der Waals surface area contributed by atoms with E-state index >= 15 is 0 Å². The zero-order valence-electron chi connectivity index (χ0n) is 19.2. The molecule has 0 N–H and O–H groups in total. The lowest BCUT2D eigenvalue weighted by molar-refractivity contribution is -0.108. The minimum Gasteiger partial charge on any atom is -0.489 e. The average Bonchev–Trinajstić information content (AvgIpc) is 2.76. The molecule has 3 heteroatoms. The van der Waals surface area contributed by atoms with Crippen molar-refractivity contribution >= 4 is 0 Å². The molecular formula is C27H37NO2. The largest absolute Gasteiger partial charge is 0.489 e. The van der Waals surface area contributed by atoms with E-state index in [9.17, 15) is 0 Å². The highest BCUT2D eigenvalue weighted by atomic mass is 16.5. The number of ether oxygens (including phenoxy) is 2. The molecule has 0 radical (unpaired) electrons. The van der Waals surface area contributed by atoms with Gasteiger partial charge in [0.15, 0.2) is 0 Å². The molecule has 0 spiro atoms. The molecule has 0 fully saturated rings. The van der Waals surface area contributed by atoms with Crippen molar-refractivity contribution in [3.63, 3.8) is 0 Å². The minimum atomic E-state index is -0.565. The summed E-state index contributed by atoms with van der Waals surface area (Å²) in [5.74, 6) is 0.969. The molecule has 0 amide bonds. The first-order valence-electron chi connectivity index (χ1n) is 10.8. The zero-order valence-corrected chi connectivity index (χ0v) is 19.2. The number of nitrogens with zero attached hydrogens (tertiary/aromatic N) is 1. The van der Waals surface area contributed by atoms with Crippen LogP contribution in [0, 0.1) is 5.92 Å². The third-order valence-corrected chi connectivity index (χ3v) is 5.31. The summed E-state index contributed by atoms with van der Waals surface area (Å²) in [6.45, 7) is 14.9. The third-order valence-electron chi connectivity index (χ3n) is 5.31. The predicted molar refractivity (Wildman–Crippen MR) is 126 cm³/mol. The molecule has 3 nitrogen and oxygen atoms in total. The van der Waals surface area contributed by atoms with Gasteiger partial charge in [0.05, 0.1) is 6.61 Å². The Hall–Kier alpha value is -2.36. The van der Waals surface area contributed by atoms with Crippen LogP contribution in [0.25, 0.3) is 0 Å². The maximum atomic E-state index is 6.48. The molecule has 0 saturated carbocycles. The van der Waals surface area contributed by atoms with Gasteiger partial charge in [-0.2, -0.15) is 0 Å². The van der Waals surface area contributed by atoms with Crippen molar-refractivity contribution in [1.29, 1.82) is 0 Å². The number of hydrogen-bond acceptors (Lipinski definition) is 3. The molecule has 1 atom stereocenters. The van der Waals surface area contributed by atoms with Crippen molar-refractivity contribution in [2.45, 2.75) is 53.1 Å². The number of hydrogen-bond donors (Lipinski definition) is 0. The molecular weight excluding hydrogens is 370 g/mol. The minimum absolute atomic E-state index is 0.267. The van der Waals surface area contributed by atoms with Gasteiger partial charge in [0.2, 0.25) is 0 Å². The second-order valence-electron chi connectivity index (χ2n) is 8.20. The molecule has 0 saturated heterocycles. The fourth-order valence-electron chi connectivity index (χ4n) is 3.31. The highest BCUT2D eigenvalue weighted by Crippen LogP contribution is 2.28. The van der Waals surface area contributed by atoms with E-state index in [1.54, 1.807) is 0 Å². The lowest BCUT2D eigenvalue weighted by Crippen LogP contribution is -2.45. The van der Waals surface area contributed by atoms with Crippen molar-refractivity contribution in [2.75, 3.05) is 13.6 Å². The summed E-state index contributed by atoms with van der Waals surface area (Å²) >= 11 is 0. The van der Waals surface area contributed by atoms with Gasteiger partial charge in [0.1, 0.15) is 18.1 Å². The van der Waals surface area contributed by atoms with E-state index in [2.05, 4.69) is 76.6 Å². The Kier molecular flexibility index (Phi) is 9.35. The van der Waals surface area contributed by atoms with Crippen LogP contribution < -0.4 is 0 Å². The van der Waals surface area contributed by atoms with Crippen LogP contribution in [0.1, 0.15) is 45.2 Å². The first-order valence-corrected chi connectivity index (χ1v) is 10.8. The monoisotopic (exact) mass is 407 g/mol. The van der Waals surface area contributed by atoms with Crippen LogP contribution in [-0.2, 0) is 22.7 Å². The summed E-state index contributed by atoms with van der Waals surface area (Å²) in [6.07, 6.45) is 3.24. The molecule has 0 bridgehead atoms. The van der Waals surface area contributed by atoms with E-state index < -0.39 is 5.72 Å². The molecule has 162 valence electrons. The first-order chi connectivity index (χ1) is 14.4. The van der Waals surface area contributed by atoms with E-state index in [1.807, 2.05) is 36.4 Å². The third kappa shape index (κ3) is 7.16. The van der Waals surface area contributed by atoms with Crippen molar-refractivity contribution in [2.24, 2.45) is 5.92 Å². The van der Waals surface area contributed by atoms with Gasteiger partial charge in [-0.3, -0.25) is 4.90 Å². The Morgan fingerprint density at radius 2 is 1.53 bits per heavy atom. The molecule has 0 heterocycles. The summed E-state index contributed by atoms with van der Waals surface area (Å²) in [4.78, 5) is 2.25. The van der Waals surface area contributed by atoms with Crippen LogP contribution in [0.15, 0.2) is 84.7 Å². The van der Waals surface area contributed by atoms with E-state index in [-0.39, 0.29) is 5.92 Å². The summed E-state index contributed by atoms with van der Waals surface area (Å²) in [5.41, 5.74) is 2.80. The molecule has 1 unspecified atom stereocenters. The maximum Gasteiger partial charge on any atom is 0.138 e. The van der Waals surface area contributed by atoms with Crippen molar-refractivity contribution in [3.8, 4) is 0 Å². The Morgan fingerprint density at radius 3 is 2.03 bits per heavy atom. The molecule has 0 aliphatic heterocycles. The van der Waals surface area contributed by atoms with E-state index in [0.29, 0.717) is 19.0 Å². The fraction of sp³-hybridized carbons (Fsp3) is 0.407. The number of likely N-dealkylation sites (N-methyl/N-ethyl adjacent to an activating group) is 1. The van der Waals surface area contributed by atoms with Crippen molar-refractivity contribution in [1.82, 2.24) is 4.90 Å². The van der Waals surface area contributed by atoms with Gasteiger partial charge in [0, 0.05) is 6.54 Å². The molecule has 0 aliphatic rings. The van der Waals surface area contributed by atoms with Crippen molar-refractivity contribution in [3.05, 3.63) is 95.8 Å². The fourth-order valence-corrected chi connectivity index (χ4v) is 3.31. The van der Waals surface area contributed by atoms with Crippen LogP contribution in [0.2, 0.25) is 0 Å². The van der Waals surface area contributed by atoms with Crippen molar-refractivity contribution < 1.29 is 9.47 Å². The van der Waals surface area contributed by atoms with Gasteiger partial charge in [-0.25, -0.2) is 0 Å². The lowest BCUT2D eigenvalue weighted by Gasteiger charge is -2.37. The standard InChI is InChI=1S/C27H37NO2/c1-7-18-28(6)27(5,30-21-25-16-12-9-13-17-25)19-26(22(2)3)23(4)29-20-24-14-10-8-11-15-24/h8-17,19,22H,4,7,18,20-21H2,1-3,5-6H3/b26-19-. The number of rotatable bonds is 12. The molecule has 2 aromatic rings. The molecule has 2 aromatic carbocycles. The summed E-state index contributed by atoms with van der Waals surface area (Å²) in [7, 11) is 2.11. The first kappa shape index (κ1) is 23.9. The topological polar surface area (TPSA) is 21.7 Å². The van der Waals surface area contributed by atoms with E-state index in [4.69, 9.17) is 9.47 Å². The summed E-state index contributed by atoms with van der Waals surface area (Å²) in [5, 5.41) is 0. The van der Waals surface area contributed by atoms with Crippen LogP contribution in [0.3, 0.4) is 0 Å². The predicted octanol–water partition coefficient (Wildman–Crippen LogP) is 6.57. The Balaban J connectivity index is 2.22. The summed E-state index contributed by atoms with van der Waals surface area (Å²) in [6, 6.07) is 20.5. The van der Waals surface area contributed by atoms with E-state index in [0.717, 1.165) is 29.7 Å². The number of allylic oxidation sites excluding steroid dienone is 1. The summed E-state index contributed by atoms with van der Waals surface area (Å²) < 4.78 is 12.5. The normalized spacial score (nSPS) is 14.0. The van der Waals surface area contributed by atoms with Gasteiger partial charge >= 0.3 is 0 Å². The average molecular weight is 408 g/mol. The second-order valence-corrected chi connectivity index (χ2v) is 8.20. The highest BCUT2D eigenvalue weighted by molar-refractivity contribution is 5.29. The Morgan fingerprint density at radius 1 is 1.00 bits per heavy atom. The van der Waals surface area contributed by atoms with Crippen LogP contribution in [-0.4, -0.2) is 24.2 Å². The second kappa shape index (κ2) is 11.7. The number of benzene rings is 2. The van der Waals surface area contributed by atoms with Crippen LogP contribution >= 0.6 is 0 Å². The van der Waals surface area contributed by atoms with Gasteiger partial charge in [-0.15, -0.1) is 0 Å². The van der Waals surface area contributed by atoms with Gasteiger partial charge in [-0.1, -0.05) is 88.0 Å². The Bertz CT molecular complexity index is 798. The molecule has 0 aliphatic carbocycles. The van der Waals surface area contributed by atoms with Gasteiger partial charge in [0.25, 0.3) is 0 Å². The molecule has 0 aromatic heterocycles. The quantitative estimate of drug-likeness (QED) is 0.225. The maximum absolute atomic E-state index is 6.48. The zero-order chi connectivity index (χ0) is 22.0. The molecule has 2 rings (SSSR count). The molecule has 30 heavy (non-hydrogen) atoms. The highest BCUT2D eigenvalue weighted by Gasteiger charge is 2.29. The van der Waals surface area contributed by atoms with Crippen LogP contribution in [0.4, 0.5) is 0 Å². The smallest absolute Gasteiger partial charge is 0.138 e. The van der Waals surface area contributed by atoms with Gasteiger partial charge < -0.3 is 9.47 Å². The van der Waals surface area contributed by atoms with Gasteiger partial charge in [-0.05, 0) is 49.1 Å².